The Labute approximate surface area is 247 Å². The van der Waals surface area contributed by atoms with E-state index in [1.165, 1.54) is 11.3 Å². The van der Waals surface area contributed by atoms with E-state index in [0.717, 1.165) is 36.0 Å². The Morgan fingerprint density at radius 3 is 2.55 bits per heavy atom. The monoisotopic (exact) mass is 584 g/mol. The fourth-order valence-corrected chi connectivity index (χ4v) is 6.65. The van der Waals surface area contributed by atoms with Crippen molar-refractivity contribution in [3.63, 3.8) is 0 Å². The highest BCUT2D eigenvalue weighted by molar-refractivity contribution is 7.21. The number of likely N-dealkylation sites (N-methyl/N-ethyl adjacent to an activating group) is 1. The number of hydrogen-bond acceptors (Lipinski definition) is 7. The molecule has 11 heteroatoms. The van der Waals surface area contributed by atoms with E-state index < -0.39 is 0 Å². The maximum Gasteiger partial charge on any atom is 0.331 e. The van der Waals surface area contributed by atoms with Gasteiger partial charge in [-0.05, 0) is 82.2 Å². The van der Waals surface area contributed by atoms with E-state index >= 15 is 0 Å². The lowest BCUT2D eigenvalue weighted by Crippen LogP contribution is -2.50. The molecule has 2 aromatic heterocycles. The standard InChI is InChI=1S/C31H32N6O4S/c1-18-16-20(41-19-8-5-4-6-9-19)12-13-23(18)37-24-14-15-32-30-26(24)27(35-31(37)40)28(42-30)29(39)34-22-11-7-10-21(22)33-25(38)17-36(2)3/h4-6,8-9,12-16,21-22H,7,10-11,17H2,1-3H3,(H,33,38)(H,34,39)(H,35,40)/t21?,22-/m1/s1. The van der Waals surface area contributed by atoms with Crippen LogP contribution in [0.4, 0.5) is 21.9 Å². The number of rotatable bonds is 8. The summed E-state index contributed by atoms with van der Waals surface area (Å²) in [6.07, 6.45) is 4.13. The van der Waals surface area contributed by atoms with Gasteiger partial charge in [-0.15, -0.1) is 11.3 Å². The largest absolute Gasteiger partial charge is 0.457 e. The first-order valence-electron chi connectivity index (χ1n) is 13.9. The van der Waals surface area contributed by atoms with Gasteiger partial charge in [0.1, 0.15) is 21.2 Å². The second kappa shape index (κ2) is 11.4. The molecule has 216 valence electrons. The van der Waals surface area contributed by atoms with E-state index in [9.17, 15) is 14.4 Å². The molecule has 1 aliphatic heterocycles. The number of thiophene rings is 1. The van der Waals surface area contributed by atoms with Gasteiger partial charge in [-0.3, -0.25) is 14.5 Å². The van der Waals surface area contributed by atoms with Crippen molar-refractivity contribution >= 4 is 56.5 Å². The van der Waals surface area contributed by atoms with Crippen LogP contribution in [0.15, 0.2) is 60.8 Å². The lowest BCUT2D eigenvalue weighted by molar-refractivity contribution is -0.122. The third-order valence-electron chi connectivity index (χ3n) is 7.48. The Morgan fingerprint density at radius 1 is 1.05 bits per heavy atom. The number of pyridine rings is 1. The number of hydrogen-bond donors (Lipinski definition) is 3. The highest BCUT2D eigenvalue weighted by Crippen LogP contribution is 2.46. The van der Waals surface area contributed by atoms with Crippen LogP contribution < -0.4 is 25.6 Å². The summed E-state index contributed by atoms with van der Waals surface area (Å²) < 4.78 is 5.97. The summed E-state index contributed by atoms with van der Waals surface area (Å²) in [4.78, 5) is 48.5. The minimum atomic E-state index is -0.364. The Hall–Kier alpha value is -4.48. The smallest absolute Gasteiger partial charge is 0.331 e. The van der Waals surface area contributed by atoms with Crippen LogP contribution in [0, 0.1) is 6.92 Å². The molecular weight excluding hydrogens is 552 g/mol. The molecule has 0 radical (unpaired) electrons. The van der Waals surface area contributed by atoms with Gasteiger partial charge >= 0.3 is 6.03 Å². The van der Waals surface area contributed by atoms with Gasteiger partial charge in [0.2, 0.25) is 5.91 Å². The molecule has 1 aliphatic carbocycles. The molecule has 2 aromatic carbocycles. The van der Waals surface area contributed by atoms with Gasteiger partial charge in [0.05, 0.1) is 29.0 Å². The Bertz CT molecular complexity index is 1670. The fraction of sp³-hybridized carbons (Fsp3) is 0.290. The molecule has 2 aliphatic rings. The first-order valence-corrected chi connectivity index (χ1v) is 14.7. The van der Waals surface area contributed by atoms with Crippen molar-refractivity contribution in [3.8, 4) is 11.5 Å². The van der Waals surface area contributed by atoms with Gasteiger partial charge in [0.15, 0.2) is 0 Å². The molecule has 3 heterocycles. The van der Waals surface area contributed by atoms with Crippen LogP contribution >= 0.6 is 11.3 Å². The number of ether oxygens (including phenoxy) is 1. The number of benzene rings is 2. The number of carbonyl (C=O) groups excluding carboxylic acids is 3. The Morgan fingerprint density at radius 2 is 1.81 bits per heavy atom. The number of para-hydroxylation sites is 1. The summed E-state index contributed by atoms with van der Waals surface area (Å²) >= 11 is 1.25. The zero-order chi connectivity index (χ0) is 29.4. The average Bonchev–Trinajstić information content (AvgIpc) is 3.54. The molecule has 0 spiro atoms. The van der Waals surface area contributed by atoms with E-state index in [1.54, 1.807) is 17.2 Å². The van der Waals surface area contributed by atoms with Crippen LogP contribution in [-0.2, 0) is 4.79 Å². The van der Waals surface area contributed by atoms with Crippen molar-refractivity contribution in [1.82, 2.24) is 20.5 Å². The summed E-state index contributed by atoms with van der Waals surface area (Å²) in [6.45, 7) is 2.22. The second-order valence-corrected chi connectivity index (χ2v) is 11.9. The maximum absolute atomic E-state index is 13.6. The van der Waals surface area contributed by atoms with Gasteiger partial charge in [-0.2, -0.15) is 0 Å². The zero-order valence-electron chi connectivity index (χ0n) is 23.6. The third-order valence-corrected chi connectivity index (χ3v) is 8.58. The first kappa shape index (κ1) is 27.7. The summed E-state index contributed by atoms with van der Waals surface area (Å²) in [6, 6.07) is 16.2. The van der Waals surface area contributed by atoms with Crippen LogP contribution in [0.3, 0.4) is 0 Å². The topological polar surface area (TPSA) is 116 Å². The summed E-state index contributed by atoms with van der Waals surface area (Å²) in [7, 11) is 3.68. The number of aromatic nitrogens is 1. The molecule has 4 aromatic rings. The van der Waals surface area contributed by atoms with Gasteiger partial charge in [0, 0.05) is 18.3 Å². The molecule has 3 N–H and O–H groups in total. The third kappa shape index (κ3) is 5.40. The van der Waals surface area contributed by atoms with E-state index in [4.69, 9.17) is 4.74 Å². The molecular formula is C31H32N6O4S. The Kier molecular flexibility index (Phi) is 7.53. The minimum Gasteiger partial charge on any atom is -0.457 e. The number of nitrogens with zero attached hydrogens (tertiary/aromatic N) is 3. The molecule has 42 heavy (non-hydrogen) atoms. The highest BCUT2D eigenvalue weighted by Gasteiger charge is 2.35. The first-order chi connectivity index (χ1) is 20.3. The minimum absolute atomic E-state index is 0.0701. The van der Waals surface area contributed by atoms with E-state index in [0.29, 0.717) is 32.5 Å². The number of amides is 4. The lowest BCUT2D eigenvalue weighted by Gasteiger charge is -2.29. The van der Waals surface area contributed by atoms with Gasteiger partial charge in [-0.1, -0.05) is 18.2 Å². The summed E-state index contributed by atoms with van der Waals surface area (Å²) in [5.74, 6) is 1.03. The van der Waals surface area contributed by atoms with E-state index in [-0.39, 0.29) is 36.5 Å². The number of urea groups is 1. The molecule has 0 bridgehead atoms. The predicted octanol–water partition coefficient (Wildman–Crippen LogP) is 5.41. The molecule has 1 fully saturated rings. The fourth-order valence-electron chi connectivity index (χ4n) is 5.63. The second-order valence-electron chi connectivity index (χ2n) is 10.9. The molecule has 4 amide bonds. The number of anilines is 3. The van der Waals surface area contributed by atoms with Crippen LogP contribution in [0.25, 0.3) is 10.2 Å². The highest BCUT2D eigenvalue weighted by atomic mass is 32.1. The Balaban J connectivity index is 1.26. The molecule has 2 atom stereocenters. The van der Waals surface area contributed by atoms with Crippen molar-refractivity contribution < 1.29 is 19.1 Å². The number of aryl methyl sites for hydroxylation is 1. The van der Waals surface area contributed by atoms with Crippen molar-refractivity contribution in [2.24, 2.45) is 0 Å². The van der Waals surface area contributed by atoms with Crippen LogP contribution in [0.2, 0.25) is 0 Å². The SMILES string of the molecule is Cc1cc(Oc2ccccc2)ccc1N1C(=O)Nc2c(C(=O)N[C@@H]3CCCC3NC(=O)CN(C)C)sc3nccc1c23. The van der Waals surface area contributed by atoms with Crippen molar-refractivity contribution in [2.45, 2.75) is 38.3 Å². The molecule has 10 nitrogen and oxygen atoms in total. The van der Waals surface area contributed by atoms with Gasteiger partial charge in [0.25, 0.3) is 5.91 Å². The average molecular weight is 585 g/mol. The molecule has 0 saturated heterocycles. The lowest BCUT2D eigenvalue weighted by atomic mass is 10.1. The van der Waals surface area contributed by atoms with Crippen LogP contribution in [-0.4, -0.2) is 60.5 Å². The summed E-state index contributed by atoms with van der Waals surface area (Å²) in [5, 5.41) is 9.85. The van der Waals surface area contributed by atoms with E-state index in [1.807, 2.05) is 74.4 Å². The molecule has 6 rings (SSSR count). The number of carbonyl (C=O) groups is 3. The van der Waals surface area contributed by atoms with Gasteiger partial charge in [-0.25, -0.2) is 9.78 Å². The quantitative estimate of drug-likeness (QED) is 0.255. The molecule has 1 unspecified atom stereocenters. The van der Waals surface area contributed by atoms with Crippen LogP contribution in [0.5, 0.6) is 11.5 Å². The maximum atomic E-state index is 13.6. The van der Waals surface area contributed by atoms with Gasteiger partial charge < -0.3 is 25.6 Å². The van der Waals surface area contributed by atoms with E-state index in [2.05, 4.69) is 20.9 Å². The van der Waals surface area contributed by atoms with Crippen LogP contribution in [0.1, 0.15) is 34.5 Å². The zero-order valence-corrected chi connectivity index (χ0v) is 24.5. The number of nitrogens with one attached hydrogen (secondary N) is 3. The van der Waals surface area contributed by atoms with Crippen molar-refractivity contribution in [2.75, 3.05) is 30.9 Å². The predicted molar refractivity (Wildman–Crippen MR) is 164 cm³/mol. The molecule has 1 saturated carbocycles. The normalized spacial score (nSPS) is 17.8. The van der Waals surface area contributed by atoms with Crippen molar-refractivity contribution in [1.29, 1.82) is 0 Å². The summed E-state index contributed by atoms with van der Waals surface area (Å²) in [5.41, 5.74) is 2.67. The van der Waals surface area contributed by atoms with Crippen molar-refractivity contribution in [3.05, 3.63) is 71.2 Å².